The highest BCUT2D eigenvalue weighted by atomic mass is 32.2. The van der Waals surface area contributed by atoms with Crippen molar-refractivity contribution in [1.82, 2.24) is 14.6 Å². The van der Waals surface area contributed by atoms with Crippen LogP contribution in [-0.2, 0) is 16.6 Å². The van der Waals surface area contributed by atoms with Gasteiger partial charge in [0.2, 0.25) is 10.0 Å². The lowest BCUT2D eigenvalue weighted by Crippen LogP contribution is -2.30. The molecule has 0 bridgehead atoms. The van der Waals surface area contributed by atoms with Crippen molar-refractivity contribution in [1.29, 1.82) is 0 Å². The highest BCUT2D eigenvalue weighted by molar-refractivity contribution is 7.89. The number of hydrogen-bond acceptors (Lipinski definition) is 6. The molecule has 1 unspecified atom stereocenters. The summed E-state index contributed by atoms with van der Waals surface area (Å²) < 4.78 is 32.5. The zero-order valence-electron chi connectivity index (χ0n) is 19.2. The van der Waals surface area contributed by atoms with E-state index in [9.17, 15) is 13.2 Å². The first-order valence-corrected chi connectivity index (χ1v) is 13.1. The lowest BCUT2D eigenvalue weighted by Gasteiger charge is -2.19. The number of hydrogen-bond donors (Lipinski definition) is 1. The van der Waals surface area contributed by atoms with Gasteiger partial charge in [0.15, 0.2) is 0 Å². The summed E-state index contributed by atoms with van der Waals surface area (Å²) in [4.78, 5) is 17.4. The van der Waals surface area contributed by atoms with Crippen molar-refractivity contribution in [2.45, 2.75) is 45.2 Å². The molecular formula is C24H29N3O4S2. The molecule has 0 aliphatic carbocycles. The van der Waals surface area contributed by atoms with Crippen LogP contribution in [0.4, 0.5) is 0 Å². The molecule has 3 aromatic rings. The van der Waals surface area contributed by atoms with E-state index in [1.165, 1.54) is 4.31 Å². The number of carbonyl (C=O) groups excluding carboxylic acids is 1. The number of sulfonamides is 1. The predicted molar refractivity (Wildman–Crippen MR) is 130 cm³/mol. The van der Waals surface area contributed by atoms with Gasteiger partial charge in [0.25, 0.3) is 5.91 Å². The SMILES string of the molecule is CCN(CC)S(=O)(=O)c1ccc(C(C)NC(=O)c2cccc(OCc3csc(C)n3)c2)cc1. The van der Waals surface area contributed by atoms with Crippen molar-refractivity contribution in [2.24, 2.45) is 0 Å². The molecule has 1 aromatic heterocycles. The van der Waals surface area contributed by atoms with Crippen LogP contribution < -0.4 is 10.1 Å². The average molecular weight is 488 g/mol. The Morgan fingerprint density at radius 1 is 1.15 bits per heavy atom. The second-order valence-corrected chi connectivity index (χ2v) is 10.5. The lowest BCUT2D eigenvalue weighted by atomic mass is 10.1. The highest BCUT2D eigenvalue weighted by Crippen LogP contribution is 2.21. The molecule has 176 valence electrons. The summed E-state index contributed by atoms with van der Waals surface area (Å²) in [5.74, 6) is 0.351. The van der Waals surface area contributed by atoms with Gasteiger partial charge in [-0.2, -0.15) is 4.31 Å². The maximum Gasteiger partial charge on any atom is 0.251 e. The molecule has 1 N–H and O–H groups in total. The predicted octanol–water partition coefficient (Wildman–Crippen LogP) is 4.55. The molecule has 33 heavy (non-hydrogen) atoms. The van der Waals surface area contributed by atoms with Gasteiger partial charge in [-0.1, -0.05) is 32.0 Å². The number of nitrogens with zero attached hydrogens (tertiary/aromatic N) is 2. The monoisotopic (exact) mass is 487 g/mol. The van der Waals surface area contributed by atoms with Crippen LogP contribution in [0.25, 0.3) is 0 Å². The number of amides is 1. The minimum atomic E-state index is -3.51. The van der Waals surface area contributed by atoms with Crippen molar-refractivity contribution < 1.29 is 17.9 Å². The molecule has 0 saturated carbocycles. The molecule has 1 atom stereocenters. The molecular weight excluding hydrogens is 458 g/mol. The molecule has 1 amide bonds. The number of ether oxygens (including phenoxy) is 1. The molecule has 0 radical (unpaired) electrons. The van der Waals surface area contributed by atoms with Crippen molar-refractivity contribution in [2.75, 3.05) is 13.1 Å². The van der Waals surface area contributed by atoms with Gasteiger partial charge >= 0.3 is 0 Å². The topological polar surface area (TPSA) is 88.6 Å². The third-order valence-corrected chi connectivity index (χ3v) is 8.11. The van der Waals surface area contributed by atoms with Crippen LogP contribution in [0.3, 0.4) is 0 Å². The fourth-order valence-corrected chi connectivity index (χ4v) is 5.42. The fraction of sp³-hybridized carbons (Fsp3) is 0.333. The Morgan fingerprint density at radius 2 is 1.85 bits per heavy atom. The number of thiazole rings is 1. The van der Waals surface area contributed by atoms with E-state index in [2.05, 4.69) is 10.3 Å². The first kappa shape index (κ1) is 24.9. The van der Waals surface area contributed by atoms with E-state index >= 15 is 0 Å². The number of rotatable bonds is 10. The number of nitrogens with one attached hydrogen (secondary N) is 1. The Kier molecular flexibility index (Phi) is 8.23. The molecule has 3 rings (SSSR count). The Labute approximate surface area is 199 Å². The smallest absolute Gasteiger partial charge is 0.251 e. The first-order chi connectivity index (χ1) is 15.7. The van der Waals surface area contributed by atoms with Gasteiger partial charge in [0.05, 0.1) is 21.6 Å². The standard InChI is InChI=1S/C24H29N3O4S2/c1-5-27(6-2)33(29,30)23-12-10-19(11-13-23)17(3)25-24(28)20-8-7-9-22(14-20)31-15-21-16-32-18(4)26-21/h7-14,16-17H,5-6,15H2,1-4H3,(H,25,28). The Morgan fingerprint density at radius 3 is 2.45 bits per heavy atom. The van der Waals surface area contributed by atoms with E-state index < -0.39 is 10.0 Å². The highest BCUT2D eigenvalue weighted by Gasteiger charge is 2.22. The van der Waals surface area contributed by atoms with Crippen molar-refractivity contribution >= 4 is 27.3 Å². The van der Waals surface area contributed by atoms with Gasteiger partial charge in [-0.25, -0.2) is 13.4 Å². The van der Waals surface area contributed by atoms with Crippen molar-refractivity contribution in [3.63, 3.8) is 0 Å². The second kappa shape index (κ2) is 10.9. The Bertz CT molecular complexity index is 1190. The summed E-state index contributed by atoms with van der Waals surface area (Å²) in [6.45, 7) is 8.60. The van der Waals surface area contributed by atoms with Crippen LogP contribution >= 0.6 is 11.3 Å². The van der Waals surface area contributed by atoms with Gasteiger partial charge in [-0.05, 0) is 49.7 Å². The summed E-state index contributed by atoms with van der Waals surface area (Å²) in [6.07, 6.45) is 0. The Hall–Kier alpha value is -2.75. The number of carbonyl (C=O) groups is 1. The first-order valence-electron chi connectivity index (χ1n) is 10.8. The maximum atomic E-state index is 12.8. The maximum absolute atomic E-state index is 12.8. The van der Waals surface area contributed by atoms with E-state index in [0.717, 1.165) is 16.3 Å². The van der Waals surface area contributed by atoms with Crippen LogP contribution in [0.15, 0.2) is 58.8 Å². The third-order valence-electron chi connectivity index (χ3n) is 5.22. The van der Waals surface area contributed by atoms with E-state index in [1.54, 1.807) is 59.9 Å². The summed E-state index contributed by atoms with van der Waals surface area (Å²) in [5, 5.41) is 5.89. The summed E-state index contributed by atoms with van der Waals surface area (Å²) in [7, 11) is -3.51. The quantitative estimate of drug-likeness (QED) is 0.453. The van der Waals surface area contributed by atoms with Crippen LogP contribution in [0.1, 0.15) is 53.4 Å². The molecule has 7 nitrogen and oxygen atoms in total. The molecule has 0 fully saturated rings. The second-order valence-electron chi connectivity index (χ2n) is 7.53. The molecule has 0 aliphatic rings. The zero-order chi connectivity index (χ0) is 24.0. The normalized spacial score (nSPS) is 12.5. The van der Waals surface area contributed by atoms with Gasteiger partial charge in [0.1, 0.15) is 12.4 Å². The number of aryl methyl sites for hydroxylation is 1. The van der Waals surface area contributed by atoms with E-state index in [0.29, 0.717) is 31.0 Å². The van der Waals surface area contributed by atoms with E-state index in [4.69, 9.17) is 4.74 Å². The van der Waals surface area contributed by atoms with E-state index in [-0.39, 0.29) is 16.8 Å². The average Bonchev–Trinajstić information content (AvgIpc) is 3.23. The minimum Gasteiger partial charge on any atom is -0.487 e. The molecule has 0 saturated heterocycles. The third kappa shape index (κ3) is 6.19. The summed E-state index contributed by atoms with van der Waals surface area (Å²) in [5.41, 5.74) is 2.15. The van der Waals surface area contributed by atoms with Gasteiger partial charge in [0, 0.05) is 24.0 Å². The minimum absolute atomic E-state index is 0.239. The van der Waals surface area contributed by atoms with Gasteiger partial charge < -0.3 is 10.1 Å². The summed E-state index contributed by atoms with van der Waals surface area (Å²) in [6, 6.07) is 13.3. The largest absolute Gasteiger partial charge is 0.487 e. The number of benzene rings is 2. The molecule has 2 aromatic carbocycles. The lowest BCUT2D eigenvalue weighted by molar-refractivity contribution is 0.0939. The van der Waals surface area contributed by atoms with Crippen molar-refractivity contribution in [3.8, 4) is 5.75 Å². The van der Waals surface area contributed by atoms with Crippen LogP contribution in [0, 0.1) is 6.92 Å². The zero-order valence-corrected chi connectivity index (χ0v) is 20.9. The molecule has 0 aliphatic heterocycles. The van der Waals surface area contributed by atoms with E-state index in [1.807, 2.05) is 33.1 Å². The van der Waals surface area contributed by atoms with Crippen molar-refractivity contribution in [3.05, 3.63) is 75.7 Å². The van der Waals surface area contributed by atoms with Gasteiger partial charge in [-0.3, -0.25) is 4.79 Å². The van der Waals surface area contributed by atoms with Crippen LogP contribution in [0.5, 0.6) is 5.75 Å². The molecule has 1 heterocycles. The summed E-state index contributed by atoms with van der Waals surface area (Å²) >= 11 is 1.57. The molecule has 0 spiro atoms. The molecule has 9 heteroatoms. The van der Waals surface area contributed by atoms with Crippen LogP contribution in [-0.4, -0.2) is 36.7 Å². The van der Waals surface area contributed by atoms with Crippen LogP contribution in [0.2, 0.25) is 0 Å². The van der Waals surface area contributed by atoms with Gasteiger partial charge in [-0.15, -0.1) is 11.3 Å². The number of aromatic nitrogens is 1. The fourth-order valence-electron chi connectivity index (χ4n) is 3.36. The Balaban J connectivity index is 1.64.